The Morgan fingerprint density at radius 3 is 1.93 bits per heavy atom. The zero-order chi connectivity index (χ0) is 20.4. The van der Waals surface area contributed by atoms with Gasteiger partial charge in [-0.25, -0.2) is 4.98 Å². The van der Waals surface area contributed by atoms with E-state index in [-0.39, 0.29) is 11.6 Å². The summed E-state index contributed by atoms with van der Waals surface area (Å²) in [6.45, 7) is 0. The number of hydrogen-bond acceptors (Lipinski definition) is 4. The van der Waals surface area contributed by atoms with Gasteiger partial charge in [0.05, 0.1) is 42.5 Å². The quantitative estimate of drug-likeness (QED) is 0.482. The summed E-state index contributed by atoms with van der Waals surface area (Å²) in [5.41, 5.74) is 2.22. The fourth-order valence-electron chi connectivity index (χ4n) is 3.41. The molecule has 0 unspecified atom stereocenters. The zero-order valence-electron chi connectivity index (χ0n) is 16.0. The lowest BCUT2D eigenvalue weighted by Crippen LogP contribution is -2.27. The lowest BCUT2D eigenvalue weighted by atomic mass is 9.98. The summed E-state index contributed by atoms with van der Waals surface area (Å²) >= 11 is 6.32. The van der Waals surface area contributed by atoms with Crippen molar-refractivity contribution in [3.63, 3.8) is 0 Å². The Morgan fingerprint density at radius 1 is 0.862 bits per heavy atom. The number of ether oxygens (including phenoxy) is 2. The number of aromatic nitrogens is 2. The van der Waals surface area contributed by atoms with Crippen LogP contribution in [0.25, 0.3) is 10.9 Å². The molecule has 0 spiro atoms. The van der Waals surface area contributed by atoms with Gasteiger partial charge in [0.15, 0.2) is 0 Å². The predicted octanol–water partition coefficient (Wildman–Crippen LogP) is 4.70. The molecule has 0 atom stereocenters. The Bertz CT molecular complexity index is 1150. The van der Waals surface area contributed by atoms with E-state index in [0.29, 0.717) is 15.9 Å². The minimum absolute atomic E-state index is 0.197. The summed E-state index contributed by atoms with van der Waals surface area (Å²) in [5.74, 6) is 1.49. The fourth-order valence-corrected chi connectivity index (χ4v) is 3.66. The summed E-state index contributed by atoms with van der Waals surface area (Å²) in [4.78, 5) is 17.8. The first kappa shape index (κ1) is 19.0. The summed E-state index contributed by atoms with van der Waals surface area (Å²) in [6.07, 6.45) is 1.57. The number of methoxy groups -OCH3 is 2. The van der Waals surface area contributed by atoms with E-state index < -0.39 is 0 Å². The Morgan fingerprint density at radius 2 is 1.41 bits per heavy atom. The average molecular weight is 407 g/mol. The van der Waals surface area contributed by atoms with Crippen molar-refractivity contribution < 1.29 is 9.47 Å². The van der Waals surface area contributed by atoms with Crippen molar-refractivity contribution in [1.82, 2.24) is 9.55 Å². The molecule has 146 valence electrons. The van der Waals surface area contributed by atoms with Crippen LogP contribution in [0.15, 0.2) is 77.9 Å². The molecule has 0 saturated carbocycles. The number of rotatable bonds is 5. The first-order chi connectivity index (χ1) is 14.1. The number of hydrogen-bond donors (Lipinski definition) is 0. The summed E-state index contributed by atoms with van der Waals surface area (Å²) in [7, 11) is 3.24. The maximum absolute atomic E-state index is 13.4. The lowest BCUT2D eigenvalue weighted by Gasteiger charge is -2.22. The van der Waals surface area contributed by atoms with Crippen molar-refractivity contribution >= 4 is 22.5 Å². The number of halogens is 1. The Kier molecular flexibility index (Phi) is 5.23. The van der Waals surface area contributed by atoms with Crippen LogP contribution in [0.3, 0.4) is 0 Å². The largest absolute Gasteiger partial charge is 0.497 e. The SMILES string of the molecule is COc1ccc(C(c2ccc(OC)cc2)n2cnc3cccc(Cl)c3c2=O)cc1. The van der Waals surface area contributed by atoms with Crippen molar-refractivity contribution in [2.24, 2.45) is 0 Å². The standard InChI is InChI=1S/C23H19ClN2O3/c1-28-17-10-6-15(7-11-17)22(16-8-12-18(29-2)13-9-16)26-14-25-20-5-3-4-19(24)21(20)23(26)27/h3-14,22H,1-2H3. The summed E-state index contributed by atoms with van der Waals surface area (Å²) in [5, 5.41) is 0.793. The van der Waals surface area contributed by atoms with E-state index in [1.54, 1.807) is 43.3 Å². The molecular weight excluding hydrogens is 388 g/mol. The molecule has 0 bridgehead atoms. The molecule has 3 aromatic carbocycles. The zero-order valence-corrected chi connectivity index (χ0v) is 16.8. The first-order valence-corrected chi connectivity index (χ1v) is 9.43. The van der Waals surface area contributed by atoms with Crippen LogP contribution in [0.1, 0.15) is 17.2 Å². The van der Waals surface area contributed by atoms with Crippen LogP contribution < -0.4 is 15.0 Å². The maximum atomic E-state index is 13.4. The highest BCUT2D eigenvalue weighted by molar-refractivity contribution is 6.35. The van der Waals surface area contributed by atoms with Crippen LogP contribution >= 0.6 is 11.6 Å². The Balaban J connectivity index is 1.94. The third-order valence-electron chi connectivity index (χ3n) is 4.90. The molecule has 29 heavy (non-hydrogen) atoms. The van der Waals surface area contributed by atoms with Crippen LogP contribution in [0.5, 0.6) is 11.5 Å². The second-order valence-corrected chi connectivity index (χ2v) is 6.95. The molecule has 0 amide bonds. The van der Waals surface area contributed by atoms with Gasteiger partial charge in [0, 0.05) is 0 Å². The van der Waals surface area contributed by atoms with Gasteiger partial charge in [-0.15, -0.1) is 0 Å². The fraction of sp³-hybridized carbons (Fsp3) is 0.130. The molecule has 0 saturated heterocycles. The number of benzene rings is 3. The molecule has 6 heteroatoms. The molecular formula is C23H19ClN2O3. The number of fused-ring (bicyclic) bond motifs is 1. The van der Waals surface area contributed by atoms with E-state index in [1.165, 1.54) is 0 Å². The smallest absolute Gasteiger partial charge is 0.263 e. The molecule has 5 nitrogen and oxygen atoms in total. The van der Waals surface area contributed by atoms with Gasteiger partial charge in [0.2, 0.25) is 0 Å². The Hall–Kier alpha value is -3.31. The van der Waals surface area contributed by atoms with E-state index in [4.69, 9.17) is 21.1 Å². The van der Waals surface area contributed by atoms with E-state index in [9.17, 15) is 4.79 Å². The van der Waals surface area contributed by atoms with Crippen molar-refractivity contribution in [2.75, 3.05) is 14.2 Å². The normalized spacial score (nSPS) is 11.0. The second kappa shape index (κ2) is 7.97. The first-order valence-electron chi connectivity index (χ1n) is 9.05. The predicted molar refractivity (Wildman–Crippen MR) is 114 cm³/mol. The second-order valence-electron chi connectivity index (χ2n) is 6.54. The minimum atomic E-state index is -0.382. The molecule has 0 fully saturated rings. The van der Waals surface area contributed by atoms with Crippen LogP contribution in [0, 0.1) is 0 Å². The van der Waals surface area contributed by atoms with Gasteiger partial charge in [0.1, 0.15) is 11.5 Å². The third-order valence-corrected chi connectivity index (χ3v) is 5.22. The van der Waals surface area contributed by atoms with Gasteiger partial charge in [-0.3, -0.25) is 9.36 Å². The number of nitrogens with zero attached hydrogens (tertiary/aromatic N) is 2. The van der Waals surface area contributed by atoms with Crippen molar-refractivity contribution in [2.45, 2.75) is 6.04 Å². The van der Waals surface area contributed by atoms with Gasteiger partial charge in [-0.1, -0.05) is 41.9 Å². The van der Waals surface area contributed by atoms with Gasteiger partial charge in [-0.2, -0.15) is 0 Å². The van der Waals surface area contributed by atoms with Gasteiger partial charge >= 0.3 is 0 Å². The molecule has 4 aromatic rings. The maximum Gasteiger partial charge on any atom is 0.263 e. The molecule has 0 N–H and O–H groups in total. The lowest BCUT2D eigenvalue weighted by molar-refractivity contribution is 0.414. The minimum Gasteiger partial charge on any atom is -0.497 e. The van der Waals surface area contributed by atoms with E-state index in [1.807, 2.05) is 48.5 Å². The van der Waals surface area contributed by atoms with Gasteiger partial charge < -0.3 is 9.47 Å². The molecule has 1 heterocycles. The van der Waals surface area contributed by atoms with Gasteiger partial charge in [-0.05, 0) is 47.5 Å². The molecule has 0 aliphatic carbocycles. The van der Waals surface area contributed by atoms with Crippen LogP contribution in [0.4, 0.5) is 0 Å². The molecule has 1 aromatic heterocycles. The monoisotopic (exact) mass is 406 g/mol. The molecule has 0 aliphatic heterocycles. The molecule has 0 aliphatic rings. The van der Waals surface area contributed by atoms with Crippen molar-refractivity contribution in [3.05, 3.63) is 99.6 Å². The van der Waals surface area contributed by atoms with E-state index >= 15 is 0 Å². The van der Waals surface area contributed by atoms with Gasteiger partial charge in [0.25, 0.3) is 5.56 Å². The highest BCUT2D eigenvalue weighted by Crippen LogP contribution is 2.29. The topological polar surface area (TPSA) is 53.4 Å². The van der Waals surface area contributed by atoms with Crippen LogP contribution in [-0.4, -0.2) is 23.8 Å². The molecule has 4 rings (SSSR count). The Labute approximate surface area is 173 Å². The van der Waals surface area contributed by atoms with E-state index in [2.05, 4.69) is 4.98 Å². The third kappa shape index (κ3) is 3.57. The van der Waals surface area contributed by atoms with Crippen molar-refractivity contribution in [1.29, 1.82) is 0 Å². The highest BCUT2D eigenvalue weighted by Gasteiger charge is 2.20. The van der Waals surface area contributed by atoms with E-state index in [0.717, 1.165) is 22.6 Å². The summed E-state index contributed by atoms with van der Waals surface area (Å²) in [6, 6.07) is 20.1. The van der Waals surface area contributed by atoms with Crippen LogP contribution in [0.2, 0.25) is 5.02 Å². The summed E-state index contributed by atoms with van der Waals surface area (Å²) < 4.78 is 12.2. The van der Waals surface area contributed by atoms with Crippen molar-refractivity contribution in [3.8, 4) is 11.5 Å². The average Bonchev–Trinajstić information content (AvgIpc) is 2.76. The molecule has 0 radical (unpaired) electrons. The highest BCUT2D eigenvalue weighted by atomic mass is 35.5. The van der Waals surface area contributed by atoms with Crippen LogP contribution in [-0.2, 0) is 0 Å².